The molecule has 1 heterocycles. The van der Waals surface area contributed by atoms with Crippen molar-refractivity contribution in [3.8, 4) is 0 Å². The summed E-state index contributed by atoms with van der Waals surface area (Å²) in [7, 11) is 0. The van der Waals surface area contributed by atoms with Crippen LogP contribution in [0, 0.1) is 5.92 Å². The Kier molecular flexibility index (Phi) is 6.36. The second-order valence-electron chi connectivity index (χ2n) is 6.32. The third-order valence-electron chi connectivity index (χ3n) is 3.94. The van der Waals surface area contributed by atoms with Crippen LogP contribution in [-0.4, -0.2) is 17.4 Å². The number of nitrogens with zero attached hydrogens (tertiary/aromatic N) is 1. The number of aryl methyl sites for hydroxylation is 2. The maximum absolute atomic E-state index is 12.6. The van der Waals surface area contributed by atoms with Crippen molar-refractivity contribution in [3.05, 3.63) is 53.3 Å². The zero-order valence-electron chi connectivity index (χ0n) is 15.0. The molecule has 1 aromatic heterocycles. The number of rotatable bonds is 7. The molecule has 1 amide bonds. The molecule has 24 heavy (non-hydrogen) atoms. The molecule has 128 valence electrons. The predicted molar refractivity (Wildman–Crippen MR) is 101 cm³/mol. The van der Waals surface area contributed by atoms with Crippen molar-refractivity contribution >= 4 is 17.3 Å². The van der Waals surface area contributed by atoms with Crippen molar-refractivity contribution in [2.75, 3.05) is 17.2 Å². The van der Waals surface area contributed by atoms with Gasteiger partial charge in [-0.15, -0.1) is 0 Å². The van der Waals surface area contributed by atoms with Gasteiger partial charge in [-0.2, -0.15) is 0 Å². The molecule has 0 radical (unpaired) electrons. The topological polar surface area (TPSA) is 54.0 Å². The average molecular weight is 325 g/mol. The minimum atomic E-state index is -0.168. The first-order valence-corrected chi connectivity index (χ1v) is 8.67. The second kappa shape index (κ2) is 8.48. The number of aromatic nitrogens is 1. The summed E-state index contributed by atoms with van der Waals surface area (Å²) in [5.74, 6) is 0.373. The molecule has 4 heteroatoms. The smallest absolute Gasteiger partial charge is 0.274 e. The lowest BCUT2D eigenvalue weighted by Crippen LogP contribution is -2.17. The van der Waals surface area contributed by atoms with E-state index in [0.717, 1.165) is 41.9 Å². The molecule has 0 aliphatic carbocycles. The van der Waals surface area contributed by atoms with E-state index >= 15 is 0 Å². The van der Waals surface area contributed by atoms with Crippen molar-refractivity contribution in [2.24, 2.45) is 5.92 Å². The number of benzene rings is 1. The zero-order chi connectivity index (χ0) is 17.5. The third kappa shape index (κ3) is 4.57. The summed E-state index contributed by atoms with van der Waals surface area (Å²) in [6, 6.07) is 9.85. The van der Waals surface area contributed by atoms with E-state index in [1.165, 1.54) is 0 Å². The first-order chi connectivity index (χ1) is 11.5. The Hall–Kier alpha value is -2.36. The maximum Gasteiger partial charge on any atom is 0.274 e. The standard InChI is InChI=1S/C20H27N3O/c1-5-15-8-7-9-16(6-2)19(15)23-20(24)18-12-17(10-11-21-18)22-13-14(3)4/h7-12,14H,5-6,13H2,1-4H3,(H,21,22)(H,23,24). The van der Waals surface area contributed by atoms with Crippen LogP contribution < -0.4 is 10.6 Å². The summed E-state index contributed by atoms with van der Waals surface area (Å²) >= 11 is 0. The Morgan fingerprint density at radius 3 is 2.38 bits per heavy atom. The van der Waals surface area contributed by atoms with Gasteiger partial charge in [0.25, 0.3) is 5.91 Å². The first-order valence-electron chi connectivity index (χ1n) is 8.67. The van der Waals surface area contributed by atoms with Crippen molar-refractivity contribution in [3.63, 3.8) is 0 Å². The number of carbonyl (C=O) groups excluding carboxylic acids is 1. The maximum atomic E-state index is 12.6. The van der Waals surface area contributed by atoms with E-state index in [1.54, 1.807) is 12.3 Å². The summed E-state index contributed by atoms with van der Waals surface area (Å²) in [4.78, 5) is 16.9. The van der Waals surface area contributed by atoms with Crippen LogP contribution in [0.5, 0.6) is 0 Å². The monoisotopic (exact) mass is 325 g/mol. The fourth-order valence-electron chi connectivity index (χ4n) is 2.57. The number of pyridine rings is 1. The third-order valence-corrected chi connectivity index (χ3v) is 3.94. The highest BCUT2D eigenvalue weighted by Crippen LogP contribution is 2.23. The highest BCUT2D eigenvalue weighted by Gasteiger charge is 2.13. The van der Waals surface area contributed by atoms with E-state index in [9.17, 15) is 4.79 Å². The Bertz CT molecular complexity index is 673. The van der Waals surface area contributed by atoms with Crippen LogP contribution in [0.15, 0.2) is 36.5 Å². The highest BCUT2D eigenvalue weighted by atomic mass is 16.1. The number of para-hydroxylation sites is 1. The molecule has 4 nitrogen and oxygen atoms in total. The summed E-state index contributed by atoms with van der Waals surface area (Å²) in [5.41, 5.74) is 4.57. The van der Waals surface area contributed by atoms with Crippen LogP contribution in [-0.2, 0) is 12.8 Å². The quantitative estimate of drug-likeness (QED) is 0.786. The SMILES string of the molecule is CCc1cccc(CC)c1NC(=O)c1cc(NCC(C)C)ccn1. The minimum absolute atomic E-state index is 0.168. The number of amides is 1. The fourth-order valence-corrected chi connectivity index (χ4v) is 2.57. The molecular formula is C20H27N3O. The molecule has 0 fully saturated rings. The average Bonchev–Trinajstić information content (AvgIpc) is 2.60. The number of hydrogen-bond acceptors (Lipinski definition) is 3. The van der Waals surface area contributed by atoms with E-state index in [0.29, 0.717) is 11.6 Å². The van der Waals surface area contributed by atoms with Crippen molar-refractivity contribution in [1.82, 2.24) is 4.98 Å². The Morgan fingerprint density at radius 1 is 1.12 bits per heavy atom. The molecule has 0 aliphatic heterocycles. The summed E-state index contributed by atoms with van der Waals surface area (Å²) < 4.78 is 0. The van der Waals surface area contributed by atoms with Crippen LogP contribution in [0.2, 0.25) is 0 Å². The molecule has 0 aliphatic rings. The molecule has 0 unspecified atom stereocenters. The van der Waals surface area contributed by atoms with Gasteiger partial charge in [-0.05, 0) is 42.0 Å². The molecule has 0 spiro atoms. The van der Waals surface area contributed by atoms with Gasteiger partial charge >= 0.3 is 0 Å². The van der Waals surface area contributed by atoms with Crippen LogP contribution in [0.25, 0.3) is 0 Å². The van der Waals surface area contributed by atoms with Crippen molar-refractivity contribution < 1.29 is 4.79 Å². The number of hydrogen-bond donors (Lipinski definition) is 2. The number of nitrogens with one attached hydrogen (secondary N) is 2. The van der Waals surface area contributed by atoms with E-state index in [4.69, 9.17) is 0 Å². The normalized spacial score (nSPS) is 10.7. The molecule has 0 saturated heterocycles. The van der Waals surface area contributed by atoms with Crippen LogP contribution in [0.3, 0.4) is 0 Å². The molecule has 2 aromatic rings. The van der Waals surface area contributed by atoms with Crippen LogP contribution in [0.4, 0.5) is 11.4 Å². The zero-order valence-corrected chi connectivity index (χ0v) is 15.0. The van der Waals surface area contributed by atoms with E-state index in [-0.39, 0.29) is 5.91 Å². The molecule has 0 saturated carbocycles. The van der Waals surface area contributed by atoms with Gasteiger partial charge < -0.3 is 10.6 Å². The largest absolute Gasteiger partial charge is 0.385 e. The van der Waals surface area contributed by atoms with E-state index in [1.807, 2.05) is 12.1 Å². The van der Waals surface area contributed by atoms with Gasteiger partial charge in [0.1, 0.15) is 5.69 Å². The molecule has 0 bridgehead atoms. The highest BCUT2D eigenvalue weighted by molar-refractivity contribution is 6.04. The fraction of sp³-hybridized carbons (Fsp3) is 0.400. The first kappa shape index (κ1) is 18.0. The van der Waals surface area contributed by atoms with Gasteiger partial charge in [0.05, 0.1) is 0 Å². The molecule has 2 rings (SSSR count). The number of anilines is 2. The molecule has 0 atom stereocenters. The minimum Gasteiger partial charge on any atom is -0.385 e. The predicted octanol–water partition coefficient (Wildman–Crippen LogP) is 4.53. The molecular weight excluding hydrogens is 298 g/mol. The lowest BCUT2D eigenvalue weighted by Gasteiger charge is -2.15. The van der Waals surface area contributed by atoms with Gasteiger partial charge in [0.15, 0.2) is 0 Å². The number of carbonyl (C=O) groups is 1. The van der Waals surface area contributed by atoms with Gasteiger partial charge in [0.2, 0.25) is 0 Å². The van der Waals surface area contributed by atoms with Gasteiger partial charge in [-0.1, -0.05) is 45.9 Å². The summed E-state index contributed by atoms with van der Waals surface area (Å²) in [6.07, 6.45) is 3.43. The van der Waals surface area contributed by atoms with Gasteiger partial charge in [0, 0.05) is 24.1 Å². The Morgan fingerprint density at radius 2 is 1.79 bits per heavy atom. The van der Waals surface area contributed by atoms with E-state index < -0.39 is 0 Å². The summed E-state index contributed by atoms with van der Waals surface area (Å²) in [5, 5.41) is 6.39. The lowest BCUT2D eigenvalue weighted by atomic mass is 10.0. The summed E-state index contributed by atoms with van der Waals surface area (Å²) in [6.45, 7) is 9.35. The van der Waals surface area contributed by atoms with Gasteiger partial charge in [-0.3, -0.25) is 9.78 Å². The lowest BCUT2D eigenvalue weighted by molar-refractivity contribution is 0.102. The van der Waals surface area contributed by atoms with Crippen molar-refractivity contribution in [2.45, 2.75) is 40.5 Å². The van der Waals surface area contributed by atoms with Crippen LogP contribution >= 0.6 is 0 Å². The Labute approximate surface area is 144 Å². The van der Waals surface area contributed by atoms with Crippen molar-refractivity contribution in [1.29, 1.82) is 0 Å². The van der Waals surface area contributed by atoms with E-state index in [2.05, 4.69) is 55.4 Å². The second-order valence-corrected chi connectivity index (χ2v) is 6.32. The molecule has 1 aromatic carbocycles. The van der Waals surface area contributed by atoms with Gasteiger partial charge in [-0.25, -0.2) is 0 Å². The Balaban J connectivity index is 2.20. The van der Waals surface area contributed by atoms with Crippen LogP contribution in [0.1, 0.15) is 49.3 Å². The molecule has 2 N–H and O–H groups in total.